The van der Waals surface area contributed by atoms with Gasteiger partial charge in [0.1, 0.15) is 5.58 Å². The Hall–Kier alpha value is -1.21. The summed E-state index contributed by atoms with van der Waals surface area (Å²) in [5, 5.41) is 0.865. The largest absolute Gasteiger partial charge is 0.439 e. The van der Waals surface area contributed by atoms with Crippen LogP contribution in [0.2, 0.25) is 0 Å². The molecule has 0 bridgehead atoms. The van der Waals surface area contributed by atoms with Crippen LogP contribution in [0.5, 0.6) is 0 Å². The minimum atomic E-state index is -0.554. The zero-order valence-corrected chi connectivity index (χ0v) is 8.23. The van der Waals surface area contributed by atoms with Crippen LogP contribution in [0.25, 0.3) is 11.0 Å². The first-order chi connectivity index (χ1) is 6.16. The van der Waals surface area contributed by atoms with Crippen LogP contribution >= 0.6 is 9.24 Å². The topological polar surface area (TPSA) is 43.1 Å². The maximum absolute atomic E-state index is 10.9. The van der Waals surface area contributed by atoms with Gasteiger partial charge in [-0.15, -0.1) is 0 Å². The van der Waals surface area contributed by atoms with E-state index in [4.69, 9.17) is 4.42 Å². The summed E-state index contributed by atoms with van der Waals surface area (Å²) in [5.74, 6) is -0.554. The molecule has 1 heterocycles. The molecule has 0 fully saturated rings. The highest BCUT2D eigenvalue weighted by Gasteiger charge is 2.02. The Labute approximate surface area is 77.0 Å². The number of benzene rings is 1. The summed E-state index contributed by atoms with van der Waals surface area (Å²) in [7, 11) is 2.43. The lowest BCUT2D eigenvalue weighted by molar-refractivity contribution is 0.534. The summed E-state index contributed by atoms with van der Waals surface area (Å²) in [5.41, 5.74) is 2.33. The summed E-state index contributed by atoms with van der Waals surface area (Å²) >= 11 is 0. The highest BCUT2D eigenvalue weighted by molar-refractivity contribution is 7.27. The van der Waals surface area contributed by atoms with E-state index in [1.807, 2.05) is 19.1 Å². The van der Waals surface area contributed by atoms with Crippen molar-refractivity contribution in [1.82, 2.24) is 4.98 Å². The SMILES string of the molecule is Cc1ccc2oc(=O)nc(P)c2c1. The maximum atomic E-state index is 10.9. The second-order valence-corrected chi connectivity index (χ2v) is 3.41. The van der Waals surface area contributed by atoms with E-state index < -0.39 is 5.76 Å². The molecular formula is C9H8NO2P. The van der Waals surface area contributed by atoms with Gasteiger partial charge in [0.2, 0.25) is 0 Å². The van der Waals surface area contributed by atoms with Crippen LogP contribution in [0.3, 0.4) is 0 Å². The Morgan fingerprint density at radius 3 is 3.00 bits per heavy atom. The Bertz CT molecular complexity index is 518. The third-order valence-corrected chi connectivity index (χ3v) is 2.26. The van der Waals surface area contributed by atoms with Crippen molar-refractivity contribution in [3.8, 4) is 0 Å². The molecule has 0 radical (unpaired) electrons. The van der Waals surface area contributed by atoms with E-state index in [2.05, 4.69) is 14.2 Å². The minimum absolute atomic E-state index is 0.554. The number of aryl methyl sites for hydroxylation is 1. The molecule has 2 rings (SSSR count). The lowest BCUT2D eigenvalue weighted by Gasteiger charge is -1.99. The number of nitrogens with zero attached hydrogens (tertiary/aromatic N) is 1. The molecular weight excluding hydrogens is 185 g/mol. The second kappa shape index (κ2) is 2.93. The van der Waals surface area contributed by atoms with Gasteiger partial charge in [-0.2, -0.15) is 4.98 Å². The molecule has 0 amide bonds. The lowest BCUT2D eigenvalue weighted by Crippen LogP contribution is -2.13. The van der Waals surface area contributed by atoms with Gasteiger partial charge in [-0.3, -0.25) is 0 Å². The van der Waals surface area contributed by atoms with Gasteiger partial charge in [0.15, 0.2) is 0 Å². The summed E-state index contributed by atoms with van der Waals surface area (Å²) in [6.45, 7) is 1.98. The van der Waals surface area contributed by atoms with Gasteiger partial charge in [-0.1, -0.05) is 20.9 Å². The molecule has 0 saturated heterocycles. The third kappa shape index (κ3) is 1.47. The number of fused-ring (bicyclic) bond motifs is 1. The zero-order chi connectivity index (χ0) is 9.42. The first-order valence-electron chi connectivity index (χ1n) is 3.84. The van der Waals surface area contributed by atoms with Crippen molar-refractivity contribution in [2.45, 2.75) is 6.92 Å². The van der Waals surface area contributed by atoms with Gasteiger partial charge in [0.25, 0.3) is 0 Å². The van der Waals surface area contributed by atoms with Gasteiger partial charge >= 0.3 is 5.76 Å². The average Bonchev–Trinajstić information content (AvgIpc) is 2.06. The Balaban J connectivity index is 2.95. The van der Waals surface area contributed by atoms with Gasteiger partial charge in [0, 0.05) is 5.39 Å². The highest BCUT2D eigenvalue weighted by atomic mass is 31.0. The van der Waals surface area contributed by atoms with Crippen LogP contribution in [0.4, 0.5) is 0 Å². The third-order valence-electron chi connectivity index (χ3n) is 1.82. The minimum Gasteiger partial charge on any atom is -0.408 e. The summed E-state index contributed by atoms with van der Waals surface area (Å²) in [6, 6.07) is 5.62. The molecule has 0 N–H and O–H groups in total. The van der Waals surface area contributed by atoms with Crippen molar-refractivity contribution < 1.29 is 4.42 Å². The smallest absolute Gasteiger partial charge is 0.408 e. The van der Waals surface area contributed by atoms with Crippen molar-refractivity contribution in [1.29, 1.82) is 0 Å². The molecule has 13 heavy (non-hydrogen) atoms. The highest BCUT2D eigenvalue weighted by Crippen LogP contribution is 2.12. The maximum Gasteiger partial charge on any atom is 0.439 e. The molecule has 1 aromatic carbocycles. The molecule has 0 aliphatic rings. The van der Waals surface area contributed by atoms with Gasteiger partial charge in [0.05, 0.1) is 5.44 Å². The van der Waals surface area contributed by atoms with Crippen LogP contribution in [0.1, 0.15) is 5.56 Å². The molecule has 4 heteroatoms. The first kappa shape index (κ1) is 8.39. The van der Waals surface area contributed by atoms with E-state index in [0.717, 1.165) is 10.9 Å². The summed E-state index contributed by atoms with van der Waals surface area (Å²) < 4.78 is 4.92. The predicted molar refractivity (Wildman–Crippen MR) is 54.4 cm³/mol. The van der Waals surface area contributed by atoms with Crippen molar-refractivity contribution in [3.05, 3.63) is 34.3 Å². The van der Waals surface area contributed by atoms with E-state index in [-0.39, 0.29) is 0 Å². The van der Waals surface area contributed by atoms with Crippen molar-refractivity contribution in [3.63, 3.8) is 0 Å². The van der Waals surface area contributed by atoms with E-state index in [9.17, 15) is 4.79 Å². The van der Waals surface area contributed by atoms with Crippen molar-refractivity contribution in [2.75, 3.05) is 0 Å². The van der Waals surface area contributed by atoms with Crippen LogP contribution < -0.4 is 11.2 Å². The zero-order valence-electron chi connectivity index (χ0n) is 7.07. The molecule has 1 aromatic heterocycles. The predicted octanol–water partition coefficient (Wildman–Crippen LogP) is 0.997. The fourth-order valence-corrected chi connectivity index (χ4v) is 1.54. The van der Waals surface area contributed by atoms with Crippen LogP contribution in [0, 0.1) is 6.92 Å². The Kier molecular flexibility index (Phi) is 1.89. The number of hydrogen-bond donors (Lipinski definition) is 0. The molecule has 66 valence electrons. The van der Waals surface area contributed by atoms with Crippen molar-refractivity contribution in [2.24, 2.45) is 0 Å². The fourth-order valence-electron chi connectivity index (χ4n) is 1.21. The monoisotopic (exact) mass is 193 g/mol. The van der Waals surface area contributed by atoms with E-state index >= 15 is 0 Å². The Morgan fingerprint density at radius 2 is 2.23 bits per heavy atom. The quantitative estimate of drug-likeness (QED) is 0.586. The van der Waals surface area contributed by atoms with E-state index in [0.29, 0.717) is 11.0 Å². The molecule has 0 spiro atoms. The molecule has 1 unspecified atom stereocenters. The number of hydrogen-bond acceptors (Lipinski definition) is 3. The van der Waals surface area contributed by atoms with Crippen molar-refractivity contribution >= 4 is 25.6 Å². The number of aromatic nitrogens is 1. The lowest BCUT2D eigenvalue weighted by atomic mass is 10.2. The first-order valence-corrected chi connectivity index (χ1v) is 4.41. The molecule has 3 nitrogen and oxygen atoms in total. The van der Waals surface area contributed by atoms with Gasteiger partial charge in [-0.25, -0.2) is 4.79 Å². The van der Waals surface area contributed by atoms with Crippen LogP contribution in [-0.2, 0) is 0 Å². The number of rotatable bonds is 0. The van der Waals surface area contributed by atoms with Crippen LogP contribution in [-0.4, -0.2) is 4.98 Å². The molecule has 0 aliphatic carbocycles. The fraction of sp³-hybridized carbons (Fsp3) is 0.111. The molecule has 1 atom stereocenters. The van der Waals surface area contributed by atoms with Crippen LogP contribution in [0.15, 0.2) is 27.4 Å². The van der Waals surface area contributed by atoms with E-state index in [1.165, 1.54) is 0 Å². The average molecular weight is 193 g/mol. The second-order valence-electron chi connectivity index (χ2n) is 2.86. The van der Waals surface area contributed by atoms with Gasteiger partial charge < -0.3 is 4.42 Å². The van der Waals surface area contributed by atoms with Gasteiger partial charge in [-0.05, 0) is 19.1 Å². The molecule has 0 saturated carbocycles. The Morgan fingerprint density at radius 1 is 1.46 bits per heavy atom. The summed E-state index contributed by atoms with van der Waals surface area (Å²) in [6.07, 6.45) is 0. The van der Waals surface area contributed by atoms with E-state index in [1.54, 1.807) is 6.07 Å². The molecule has 0 aliphatic heterocycles. The standard InChI is InChI=1S/C9H8NO2P/c1-5-2-3-7-6(4-5)8(13)10-9(11)12-7/h2-4H,13H2,1H3. The molecule has 2 aromatic rings. The summed E-state index contributed by atoms with van der Waals surface area (Å²) in [4.78, 5) is 14.6. The normalized spacial score (nSPS) is 10.6.